The Morgan fingerprint density at radius 3 is 2.71 bits per heavy atom. The van der Waals surface area contributed by atoms with Gasteiger partial charge in [0.15, 0.2) is 5.13 Å². The summed E-state index contributed by atoms with van der Waals surface area (Å²) in [6.45, 7) is 2.44. The molecule has 0 spiro atoms. The van der Waals surface area contributed by atoms with Gasteiger partial charge in [0, 0.05) is 13.2 Å². The van der Waals surface area contributed by atoms with Gasteiger partial charge < -0.3 is 20.1 Å². The average molecular weight is 510 g/mol. The van der Waals surface area contributed by atoms with Crippen LogP contribution in [0, 0.1) is 6.92 Å². The molecule has 2 N–H and O–H groups in total. The van der Waals surface area contributed by atoms with Gasteiger partial charge in [-0.25, -0.2) is 9.97 Å². The van der Waals surface area contributed by atoms with E-state index < -0.39 is 17.6 Å². The predicted octanol–water partition coefficient (Wildman–Crippen LogP) is 5.50. The number of alkyl halides is 3. The summed E-state index contributed by atoms with van der Waals surface area (Å²) in [5.74, 6) is -0.0551. The second-order valence-electron chi connectivity index (χ2n) is 6.95. The normalized spacial score (nSPS) is 11.6. The number of nitrogens with zero attached hydrogens (tertiary/aromatic N) is 3. The number of pyridine rings is 1. The molecule has 0 aliphatic carbocycles. The Labute approximate surface area is 199 Å². The first-order valence-electron chi connectivity index (χ1n) is 9.85. The van der Waals surface area contributed by atoms with E-state index >= 15 is 0 Å². The minimum absolute atomic E-state index is 0.145. The zero-order chi connectivity index (χ0) is 24.3. The van der Waals surface area contributed by atoms with Crippen molar-refractivity contribution in [3.05, 3.63) is 53.3 Å². The lowest BCUT2D eigenvalue weighted by Crippen LogP contribution is -2.14. The third-order valence-electron chi connectivity index (χ3n) is 4.57. The molecule has 8 nitrogen and oxygen atoms in total. The zero-order valence-corrected chi connectivity index (χ0v) is 19.5. The summed E-state index contributed by atoms with van der Waals surface area (Å²) >= 11 is 2.08. The lowest BCUT2D eigenvalue weighted by atomic mass is 10.2. The third kappa shape index (κ3) is 5.26. The summed E-state index contributed by atoms with van der Waals surface area (Å²) in [5.41, 5.74) is 0.217. The lowest BCUT2D eigenvalue weighted by molar-refractivity contribution is -0.136. The van der Waals surface area contributed by atoms with Crippen molar-refractivity contribution in [3.8, 4) is 5.88 Å². The maximum atomic E-state index is 13.3. The molecule has 1 amide bonds. The molecule has 13 heteroatoms. The number of benzene rings is 1. The second kappa shape index (κ2) is 9.91. The van der Waals surface area contributed by atoms with Gasteiger partial charge in [0.25, 0.3) is 5.91 Å². The monoisotopic (exact) mass is 509 g/mol. The van der Waals surface area contributed by atoms with Gasteiger partial charge in [0.1, 0.15) is 11.6 Å². The Kier molecular flexibility index (Phi) is 6.95. The predicted molar refractivity (Wildman–Crippen MR) is 124 cm³/mol. The summed E-state index contributed by atoms with van der Waals surface area (Å²) in [7, 11) is 1.57. The number of carbonyl (C=O) groups is 1. The molecule has 0 aliphatic rings. The summed E-state index contributed by atoms with van der Waals surface area (Å²) < 4.78 is 54.8. The van der Waals surface area contributed by atoms with Crippen LogP contribution < -0.4 is 15.4 Å². The molecule has 0 unspecified atom stereocenters. The number of aryl methyl sites for hydroxylation is 1. The second-order valence-corrected chi connectivity index (χ2v) is 8.75. The van der Waals surface area contributed by atoms with Gasteiger partial charge in [-0.3, -0.25) is 4.79 Å². The van der Waals surface area contributed by atoms with E-state index in [0.717, 1.165) is 28.9 Å². The average Bonchev–Trinajstić information content (AvgIpc) is 3.37. The quantitative estimate of drug-likeness (QED) is 0.303. The number of nitrogens with one attached hydrogen (secondary N) is 2. The molecule has 0 bridgehead atoms. The number of hydrogen-bond acceptors (Lipinski definition) is 9. The minimum atomic E-state index is -4.52. The number of para-hydroxylation sites is 1. The van der Waals surface area contributed by atoms with Crippen LogP contribution in [0.1, 0.15) is 21.6 Å². The van der Waals surface area contributed by atoms with Crippen LogP contribution in [0.3, 0.4) is 0 Å². The topological polar surface area (TPSA) is 98.3 Å². The number of aromatic nitrogens is 3. The van der Waals surface area contributed by atoms with Crippen molar-refractivity contribution in [3.63, 3.8) is 0 Å². The molecule has 3 heterocycles. The number of methoxy groups -OCH3 is 1. The molecular weight excluding hydrogens is 491 g/mol. The minimum Gasteiger partial charge on any atom is -0.475 e. The molecule has 4 aromatic rings. The number of fused-ring (bicyclic) bond motifs is 1. The van der Waals surface area contributed by atoms with E-state index in [0.29, 0.717) is 40.2 Å². The number of ether oxygens (including phenoxy) is 2. The first-order valence-corrected chi connectivity index (χ1v) is 11.4. The summed E-state index contributed by atoms with van der Waals surface area (Å²) in [6.07, 6.45) is -3.07. The summed E-state index contributed by atoms with van der Waals surface area (Å²) in [6, 6.07) is 7.15. The van der Waals surface area contributed by atoms with Crippen LogP contribution in [0.5, 0.6) is 5.88 Å². The van der Waals surface area contributed by atoms with Crippen LogP contribution in [0.2, 0.25) is 0 Å². The highest BCUT2D eigenvalue weighted by atomic mass is 32.1. The smallest absolute Gasteiger partial charge is 0.418 e. The van der Waals surface area contributed by atoms with Crippen LogP contribution in [-0.2, 0) is 10.9 Å². The van der Waals surface area contributed by atoms with Crippen LogP contribution in [0.4, 0.5) is 29.0 Å². The molecule has 3 aromatic heterocycles. The highest BCUT2D eigenvalue weighted by Gasteiger charge is 2.34. The molecule has 178 valence electrons. The first-order chi connectivity index (χ1) is 16.3. The Morgan fingerprint density at radius 1 is 1.18 bits per heavy atom. The van der Waals surface area contributed by atoms with Crippen LogP contribution in [0.15, 0.2) is 36.5 Å². The maximum absolute atomic E-state index is 13.3. The molecule has 0 radical (unpaired) electrons. The van der Waals surface area contributed by atoms with E-state index in [4.69, 9.17) is 9.47 Å². The number of amides is 1. The molecule has 0 atom stereocenters. The van der Waals surface area contributed by atoms with Gasteiger partial charge in [-0.15, -0.1) is 0 Å². The van der Waals surface area contributed by atoms with Crippen molar-refractivity contribution < 1.29 is 27.4 Å². The van der Waals surface area contributed by atoms with Gasteiger partial charge in [0.05, 0.1) is 45.5 Å². The van der Waals surface area contributed by atoms with Gasteiger partial charge in [0.2, 0.25) is 5.88 Å². The van der Waals surface area contributed by atoms with Crippen molar-refractivity contribution in [2.45, 2.75) is 13.1 Å². The summed E-state index contributed by atoms with van der Waals surface area (Å²) in [4.78, 5) is 21.2. The molecule has 0 saturated heterocycles. The fourth-order valence-electron chi connectivity index (χ4n) is 3.01. The number of rotatable bonds is 8. The largest absolute Gasteiger partial charge is 0.475 e. The van der Waals surface area contributed by atoms with E-state index in [9.17, 15) is 18.0 Å². The first kappa shape index (κ1) is 23.9. The van der Waals surface area contributed by atoms with Crippen molar-refractivity contribution in [2.75, 3.05) is 31.0 Å². The fraction of sp³-hybridized carbons (Fsp3) is 0.238. The summed E-state index contributed by atoms with van der Waals surface area (Å²) in [5, 5.41) is 6.29. The van der Waals surface area contributed by atoms with Gasteiger partial charge >= 0.3 is 6.18 Å². The van der Waals surface area contributed by atoms with Crippen molar-refractivity contribution >= 4 is 54.8 Å². The van der Waals surface area contributed by atoms with E-state index in [-0.39, 0.29) is 16.2 Å². The van der Waals surface area contributed by atoms with E-state index in [1.54, 1.807) is 32.2 Å². The number of anilines is 3. The standard InChI is InChI=1S/C21H18F3N5O3S2/c1-11-16(18(30)26-12-6-7-15(25-10-12)32-9-8-31-2)19(34-29-11)28-20-27-17-13(21(22,23)24)4-3-5-14(17)33-20/h3-7,10H,8-9H2,1-2H3,(H,26,30)(H,27,28). The fourth-order valence-corrected chi connectivity index (χ4v) is 4.77. The van der Waals surface area contributed by atoms with Gasteiger partial charge in [-0.05, 0) is 36.7 Å². The number of carbonyl (C=O) groups excluding carboxylic acids is 1. The number of hydrogen-bond donors (Lipinski definition) is 2. The van der Waals surface area contributed by atoms with Crippen molar-refractivity contribution in [1.29, 1.82) is 0 Å². The van der Waals surface area contributed by atoms with Crippen molar-refractivity contribution in [2.24, 2.45) is 0 Å². The Hall–Kier alpha value is -3.29. The molecular formula is C21H18F3N5O3S2. The molecule has 0 fully saturated rings. The number of thiazole rings is 1. The lowest BCUT2D eigenvalue weighted by Gasteiger charge is -2.08. The number of halogens is 3. The maximum Gasteiger partial charge on any atom is 0.418 e. The van der Waals surface area contributed by atoms with Crippen LogP contribution in [-0.4, -0.2) is 40.6 Å². The third-order valence-corrected chi connectivity index (χ3v) is 6.36. The van der Waals surface area contributed by atoms with Crippen molar-refractivity contribution in [1.82, 2.24) is 14.3 Å². The van der Waals surface area contributed by atoms with Gasteiger partial charge in [-0.2, -0.15) is 17.5 Å². The van der Waals surface area contributed by atoms with E-state index in [1.165, 1.54) is 12.3 Å². The molecule has 1 aromatic carbocycles. The Balaban J connectivity index is 1.52. The molecule has 34 heavy (non-hydrogen) atoms. The van der Waals surface area contributed by atoms with Crippen LogP contribution >= 0.6 is 22.9 Å². The van der Waals surface area contributed by atoms with E-state index in [1.807, 2.05) is 0 Å². The Morgan fingerprint density at radius 2 is 2.00 bits per heavy atom. The highest BCUT2D eigenvalue weighted by molar-refractivity contribution is 7.22. The van der Waals surface area contributed by atoms with E-state index in [2.05, 4.69) is 25.0 Å². The molecule has 4 rings (SSSR count). The SMILES string of the molecule is COCCOc1ccc(NC(=O)c2c(C)nsc2Nc2nc3c(C(F)(F)F)cccc3s2)cn1. The highest BCUT2D eigenvalue weighted by Crippen LogP contribution is 2.39. The molecule has 0 aliphatic heterocycles. The van der Waals surface area contributed by atoms with Gasteiger partial charge in [-0.1, -0.05) is 17.4 Å². The zero-order valence-electron chi connectivity index (χ0n) is 17.9. The molecule has 0 saturated carbocycles. The Bertz CT molecular complexity index is 1310. The van der Waals surface area contributed by atoms with Crippen LogP contribution in [0.25, 0.3) is 10.2 Å².